The number of hydrogen-bond acceptors (Lipinski definition) is 4. The van der Waals surface area contributed by atoms with Gasteiger partial charge in [0.05, 0.1) is 5.56 Å². The van der Waals surface area contributed by atoms with Crippen molar-refractivity contribution in [1.82, 2.24) is 0 Å². The summed E-state index contributed by atoms with van der Waals surface area (Å²) >= 11 is 6.06. The van der Waals surface area contributed by atoms with Crippen LogP contribution < -0.4 is 0 Å². The van der Waals surface area contributed by atoms with Crippen LogP contribution in [0.15, 0.2) is 42.5 Å². The molecular weight excluding hydrogens is 292 g/mol. The lowest BCUT2D eigenvalue weighted by molar-refractivity contribution is 0.0999. The fraction of sp³-hybridized carbons (Fsp3) is 0. The average Bonchev–Trinajstić information content (AvgIpc) is 2.43. The van der Waals surface area contributed by atoms with Crippen molar-refractivity contribution in [3.05, 3.63) is 64.2 Å². The molecule has 21 heavy (non-hydrogen) atoms. The third kappa shape index (κ3) is 2.10. The second-order valence-corrected chi connectivity index (χ2v) is 5.03. The lowest BCUT2D eigenvalue weighted by Crippen LogP contribution is -2.16. The number of halogens is 1. The van der Waals surface area contributed by atoms with Crippen LogP contribution in [0.3, 0.4) is 0 Å². The summed E-state index contributed by atoms with van der Waals surface area (Å²) in [6.45, 7) is 0. The Hall–Kier alpha value is -2.59. The highest BCUT2D eigenvalue weighted by atomic mass is 35.5. The monoisotopic (exact) mass is 300 g/mol. The number of carbonyl (C=O) groups is 2. The Balaban J connectivity index is 2.23. The summed E-state index contributed by atoms with van der Waals surface area (Å²) in [6, 6.07) is 8.86. The van der Waals surface area contributed by atoms with Gasteiger partial charge in [-0.2, -0.15) is 0 Å². The lowest BCUT2D eigenvalue weighted by atomic mass is 9.85. The van der Waals surface area contributed by atoms with Crippen LogP contribution in [0.25, 0.3) is 5.57 Å². The Morgan fingerprint density at radius 3 is 2.38 bits per heavy atom. The van der Waals surface area contributed by atoms with Gasteiger partial charge in [-0.1, -0.05) is 29.8 Å². The van der Waals surface area contributed by atoms with E-state index in [-0.39, 0.29) is 22.4 Å². The first kappa shape index (κ1) is 13.4. The van der Waals surface area contributed by atoms with Crippen molar-refractivity contribution in [3.63, 3.8) is 0 Å². The van der Waals surface area contributed by atoms with E-state index >= 15 is 0 Å². The summed E-state index contributed by atoms with van der Waals surface area (Å²) in [5, 5.41) is 19.6. The highest BCUT2D eigenvalue weighted by Gasteiger charge is 2.30. The molecule has 0 bridgehead atoms. The molecule has 0 atom stereocenters. The summed E-state index contributed by atoms with van der Waals surface area (Å²) in [6.07, 6.45) is 1.16. The molecule has 1 aliphatic carbocycles. The minimum atomic E-state index is -0.503. The van der Waals surface area contributed by atoms with Gasteiger partial charge in [-0.25, -0.2) is 0 Å². The highest BCUT2D eigenvalue weighted by molar-refractivity contribution is 6.42. The first-order chi connectivity index (χ1) is 9.99. The lowest BCUT2D eigenvalue weighted by Gasteiger charge is -2.17. The van der Waals surface area contributed by atoms with Crippen molar-refractivity contribution in [2.24, 2.45) is 0 Å². The first-order valence-electron chi connectivity index (χ1n) is 6.10. The molecule has 0 heterocycles. The molecular formula is C16H9ClO4. The number of carbonyl (C=O) groups excluding carboxylic acids is 2. The largest absolute Gasteiger partial charge is 0.508 e. The minimum Gasteiger partial charge on any atom is -0.508 e. The molecule has 5 heteroatoms. The molecule has 0 aromatic heterocycles. The number of rotatable bonds is 1. The number of fused-ring (bicyclic) bond motifs is 1. The van der Waals surface area contributed by atoms with E-state index in [9.17, 15) is 19.8 Å². The third-order valence-corrected chi connectivity index (χ3v) is 3.61. The van der Waals surface area contributed by atoms with Crippen LogP contribution in [0.2, 0.25) is 5.02 Å². The smallest absolute Gasteiger partial charge is 0.194 e. The number of Topliss-reactive ketones (excluding diaryl/α,β-unsaturated/α-hetero) is 1. The number of hydrogen-bond donors (Lipinski definition) is 2. The van der Waals surface area contributed by atoms with Gasteiger partial charge in [-0.15, -0.1) is 0 Å². The molecule has 4 nitrogen and oxygen atoms in total. The SMILES string of the molecule is O=C1C(c2ccccc2Cl)=CC(=O)c2c(O)cc(O)cc21. The van der Waals surface area contributed by atoms with Crippen LogP contribution in [0.5, 0.6) is 11.5 Å². The topological polar surface area (TPSA) is 74.6 Å². The van der Waals surface area contributed by atoms with Crippen molar-refractivity contribution in [1.29, 1.82) is 0 Å². The molecule has 0 spiro atoms. The van der Waals surface area contributed by atoms with Crippen LogP contribution in [0, 0.1) is 0 Å². The number of phenolic OH excluding ortho intramolecular Hbond substituents is 2. The van der Waals surface area contributed by atoms with E-state index in [1.54, 1.807) is 24.3 Å². The Labute approximate surface area is 124 Å². The van der Waals surface area contributed by atoms with Gasteiger partial charge in [0.15, 0.2) is 11.6 Å². The summed E-state index contributed by atoms with van der Waals surface area (Å²) in [5.74, 6) is -1.67. The average molecular weight is 301 g/mol. The van der Waals surface area contributed by atoms with Gasteiger partial charge in [0.25, 0.3) is 0 Å². The Bertz CT molecular complexity index is 821. The van der Waals surface area contributed by atoms with E-state index in [0.717, 1.165) is 12.1 Å². The summed E-state index contributed by atoms with van der Waals surface area (Å²) in [4.78, 5) is 24.7. The summed E-state index contributed by atoms with van der Waals surface area (Å²) in [7, 11) is 0. The Morgan fingerprint density at radius 2 is 1.67 bits per heavy atom. The molecule has 0 aliphatic heterocycles. The van der Waals surface area contributed by atoms with Crippen LogP contribution in [0.1, 0.15) is 26.3 Å². The highest BCUT2D eigenvalue weighted by Crippen LogP contribution is 2.36. The van der Waals surface area contributed by atoms with Crippen LogP contribution >= 0.6 is 11.6 Å². The van der Waals surface area contributed by atoms with E-state index in [1.165, 1.54) is 6.07 Å². The first-order valence-corrected chi connectivity index (χ1v) is 6.48. The fourth-order valence-electron chi connectivity index (χ4n) is 2.34. The minimum absolute atomic E-state index is 0.0325. The Kier molecular flexibility index (Phi) is 3.03. The maximum atomic E-state index is 12.5. The predicted octanol–water partition coefficient (Wildman–Crippen LogP) is 3.21. The van der Waals surface area contributed by atoms with Crippen molar-refractivity contribution in [3.8, 4) is 11.5 Å². The van der Waals surface area contributed by atoms with Crippen molar-refractivity contribution >= 4 is 28.7 Å². The predicted molar refractivity (Wildman–Crippen MR) is 77.9 cm³/mol. The van der Waals surface area contributed by atoms with Gasteiger partial charge in [0.2, 0.25) is 0 Å². The molecule has 0 saturated heterocycles. The van der Waals surface area contributed by atoms with E-state index in [2.05, 4.69) is 0 Å². The van der Waals surface area contributed by atoms with Crippen LogP contribution in [-0.4, -0.2) is 21.8 Å². The molecule has 2 aromatic carbocycles. The van der Waals surface area contributed by atoms with Gasteiger partial charge >= 0.3 is 0 Å². The maximum absolute atomic E-state index is 12.5. The molecule has 2 N–H and O–H groups in total. The van der Waals surface area contributed by atoms with E-state index in [4.69, 9.17) is 11.6 Å². The van der Waals surface area contributed by atoms with E-state index in [0.29, 0.717) is 10.6 Å². The fourth-order valence-corrected chi connectivity index (χ4v) is 2.58. The number of phenols is 2. The van der Waals surface area contributed by atoms with Gasteiger partial charge in [0.1, 0.15) is 11.5 Å². The van der Waals surface area contributed by atoms with E-state index in [1.807, 2.05) is 0 Å². The van der Waals surface area contributed by atoms with Crippen LogP contribution in [0.4, 0.5) is 0 Å². The normalized spacial score (nSPS) is 13.9. The number of ketones is 2. The molecule has 3 rings (SSSR count). The van der Waals surface area contributed by atoms with Gasteiger partial charge in [-0.05, 0) is 18.2 Å². The number of allylic oxidation sites excluding steroid dienone is 2. The zero-order valence-electron chi connectivity index (χ0n) is 10.6. The third-order valence-electron chi connectivity index (χ3n) is 3.28. The van der Waals surface area contributed by atoms with Crippen molar-refractivity contribution in [2.45, 2.75) is 0 Å². The summed E-state index contributed by atoms with van der Waals surface area (Å²) in [5.41, 5.74) is 0.442. The zero-order valence-corrected chi connectivity index (χ0v) is 11.4. The molecule has 104 valence electrons. The second-order valence-electron chi connectivity index (χ2n) is 4.62. The van der Waals surface area contributed by atoms with Crippen molar-refractivity contribution in [2.75, 3.05) is 0 Å². The quantitative estimate of drug-likeness (QED) is 0.848. The van der Waals surface area contributed by atoms with Crippen LogP contribution in [-0.2, 0) is 0 Å². The Morgan fingerprint density at radius 1 is 0.952 bits per heavy atom. The number of aromatic hydroxyl groups is 2. The standard InChI is InChI=1S/C16H9ClO4/c17-12-4-2-1-3-9(12)10-7-14(20)15-11(16(10)21)5-8(18)6-13(15)19/h1-7,18-19H. The van der Waals surface area contributed by atoms with Gasteiger partial charge in [0, 0.05) is 27.8 Å². The number of benzene rings is 2. The molecule has 1 aliphatic rings. The molecule has 0 fully saturated rings. The van der Waals surface area contributed by atoms with Gasteiger partial charge < -0.3 is 10.2 Å². The molecule has 0 unspecified atom stereocenters. The molecule has 2 aromatic rings. The molecule has 0 amide bonds. The summed E-state index contributed by atoms with van der Waals surface area (Å²) < 4.78 is 0. The van der Waals surface area contributed by atoms with Crippen molar-refractivity contribution < 1.29 is 19.8 Å². The molecule has 0 radical (unpaired) electrons. The maximum Gasteiger partial charge on any atom is 0.194 e. The van der Waals surface area contributed by atoms with E-state index < -0.39 is 17.3 Å². The van der Waals surface area contributed by atoms with Gasteiger partial charge in [-0.3, -0.25) is 9.59 Å². The second kappa shape index (κ2) is 4.75. The molecule has 0 saturated carbocycles. The zero-order chi connectivity index (χ0) is 15.1.